The summed E-state index contributed by atoms with van der Waals surface area (Å²) in [5.74, 6) is -1.06. The predicted octanol–water partition coefficient (Wildman–Crippen LogP) is 1.37. The molecule has 0 unspecified atom stereocenters. The van der Waals surface area contributed by atoms with E-state index in [1.165, 1.54) is 6.92 Å². The average Bonchev–Trinajstić information content (AvgIpc) is 2.12. The number of esters is 1. The highest BCUT2D eigenvalue weighted by Gasteiger charge is 2.35. The number of ether oxygens (including phenoxy) is 3. The first-order valence-corrected chi connectivity index (χ1v) is 5.29. The highest BCUT2D eigenvalue weighted by atomic mass is 16.7. The van der Waals surface area contributed by atoms with Gasteiger partial charge in [-0.3, -0.25) is 4.79 Å². The average molecular weight is 227 g/mol. The molecule has 16 heavy (non-hydrogen) atoms. The Labute approximate surface area is 95.3 Å². The molecule has 1 heterocycles. The Balaban J connectivity index is 2.51. The number of carbonyl (C=O) groups excluding carboxylic acids is 1. The van der Waals surface area contributed by atoms with Crippen molar-refractivity contribution in [3.8, 4) is 6.07 Å². The zero-order chi connectivity index (χ0) is 12.2. The molecule has 5 nitrogen and oxygen atoms in total. The first-order valence-electron chi connectivity index (χ1n) is 5.29. The highest BCUT2D eigenvalue weighted by molar-refractivity contribution is 5.65. The first-order chi connectivity index (χ1) is 7.43. The van der Waals surface area contributed by atoms with Crippen molar-refractivity contribution in [3.05, 3.63) is 0 Å². The Morgan fingerprint density at radius 3 is 2.69 bits per heavy atom. The van der Waals surface area contributed by atoms with Gasteiger partial charge in [-0.1, -0.05) is 0 Å². The molecule has 1 aliphatic rings. The summed E-state index contributed by atoms with van der Waals surface area (Å²) in [6, 6.07) is 2.07. The van der Waals surface area contributed by atoms with E-state index < -0.39 is 5.79 Å². The molecule has 0 aromatic carbocycles. The van der Waals surface area contributed by atoms with E-state index >= 15 is 0 Å². The van der Waals surface area contributed by atoms with Crippen molar-refractivity contribution >= 4 is 5.97 Å². The van der Waals surface area contributed by atoms with Gasteiger partial charge in [0.2, 0.25) is 0 Å². The highest BCUT2D eigenvalue weighted by Crippen LogP contribution is 2.28. The molecule has 0 bridgehead atoms. The summed E-state index contributed by atoms with van der Waals surface area (Å²) in [4.78, 5) is 10.7. The van der Waals surface area contributed by atoms with Crippen LogP contribution in [0.5, 0.6) is 0 Å². The lowest BCUT2D eigenvalue weighted by molar-refractivity contribution is -0.303. The molecule has 1 rings (SSSR count). The summed E-state index contributed by atoms with van der Waals surface area (Å²) in [6.45, 7) is 5.15. The molecule has 1 saturated heterocycles. The van der Waals surface area contributed by atoms with Crippen molar-refractivity contribution in [2.24, 2.45) is 0 Å². The van der Waals surface area contributed by atoms with Crippen molar-refractivity contribution in [1.29, 1.82) is 5.26 Å². The van der Waals surface area contributed by atoms with E-state index in [1.807, 2.05) is 0 Å². The van der Waals surface area contributed by atoms with Crippen molar-refractivity contribution in [3.63, 3.8) is 0 Å². The van der Waals surface area contributed by atoms with Crippen LogP contribution in [-0.4, -0.2) is 30.6 Å². The first kappa shape index (κ1) is 12.9. The molecule has 2 atom stereocenters. The Bertz CT molecular complexity index is 295. The maximum Gasteiger partial charge on any atom is 0.302 e. The predicted molar refractivity (Wildman–Crippen MR) is 55.3 cm³/mol. The molecule has 0 radical (unpaired) electrons. The third-order valence-electron chi connectivity index (χ3n) is 2.22. The van der Waals surface area contributed by atoms with Crippen LogP contribution in [0.25, 0.3) is 0 Å². The summed E-state index contributed by atoms with van der Waals surface area (Å²) < 4.78 is 16.1. The maximum absolute atomic E-state index is 10.7. The van der Waals surface area contributed by atoms with Crippen LogP contribution in [0.4, 0.5) is 0 Å². The summed E-state index contributed by atoms with van der Waals surface area (Å²) in [7, 11) is 0. The van der Waals surface area contributed by atoms with Gasteiger partial charge in [0.15, 0.2) is 5.79 Å². The summed E-state index contributed by atoms with van der Waals surface area (Å²) in [5.41, 5.74) is 0. The summed E-state index contributed by atoms with van der Waals surface area (Å²) in [5, 5.41) is 8.64. The van der Waals surface area contributed by atoms with E-state index in [-0.39, 0.29) is 24.8 Å². The number of rotatable bonds is 3. The minimum atomic E-state index is -0.732. The maximum atomic E-state index is 10.7. The number of nitriles is 1. The number of nitrogens with zero attached hydrogens (tertiary/aromatic N) is 1. The molecule has 0 aliphatic carbocycles. The second kappa shape index (κ2) is 5.28. The summed E-state index contributed by atoms with van der Waals surface area (Å²) >= 11 is 0. The Hall–Kier alpha value is -1.12. The van der Waals surface area contributed by atoms with Gasteiger partial charge >= 0.3 is 5.97 Å². The van der Waals surface area contributed by atoms with Crippen LogP contribution >= 0.6 is 0 Å². The number of hydrogen-bond acceptors (Lipinski definition) is 5. The molecule has 5 heteroatoms. The molecule has 0 N–H and O–H groups in total. The van der Waals surface area contributed by atoms with Crippen LogP contribution in [0, 0.1) is 11.3 Å². The molecular weight excluding hydrogens is 210 g/mol. The normalized spacial score (nSPS) is 28.1. The van der Waals surface area contributed by atoms with Gasteiger partial charge in [-0.15, -0.1) is 0 Å². The second-order valence-corrected chi connectivity index (χ2v) is 4.28. The fourth-order valence-electron chi connectivity index (χ4n) is 1.76. The largest absolute Gasteiger partial charge is 0.463 e. The van der Waals surface area contributed by atoms with Crippen molar-refractivity contribution in [1.82, 2.24) is 0 Å². The molecule has 0 aromatic rings. The number of hydrogen-bond donors (Lipinski definition) is 0. The zero-order valence-corrected chi connectivity index (χ0v) is 9.86. The van der Waals surface area contributed by atoms with Crippen molar-refractivity contribution in [2.75, 3.05) is 6.61 Å². The Morgan fingerprint density at radius 2 is 2.12 bits per heavy atom. The lowest BCUT2D eigenvalue weighted by atomic mass is 10.1. The van der Waals surface area contributed by atoms with E-state index in [1.54, 1.807) is 13.8 Å². The van der Waals surface area contributed by atoms with Crippen LogP contribution in [0.15, 0.2) is 0 Å². The van der Waals surface area contributed by atoms with E-state index in [9.17, 15) is 4.79 Å². The molecule has 1 aliphatic heterocycles. The van der Waals surface area contributed by atoms with Gasteiger partial charge in [0.25, 0.3) is 0 Å². The molecular formula is C11H17NO4. The van der Waals surface area contributed by atoms with E-state index in [4.69, 9.17) is 19.5 Å². The standard InChI is InChI=1S/C11H17NO4/c1-8(13)14-7-10-6-9(4-5-12)15-11(2,3)16-10/h9-10H,4,6-7H2,1-3H3/t9-,10-/m1/s1. The molecule has 0 amide bonds. The van der Waals surface area contributed by atoms with Gasteiger partial charge in [0.1, 0.15) is 6.61 Å². The lowest BCUT2D eigenvalue weighted by Gasteiger charge is -2.39. The third kappa shape index (κ3) is 4.17. The fraction of sp³-hybridized carbons (Fsp3) is 0.818. The SMILES string of the molecule is CC(=O)OC[C@H]1C[C@@H](CC#N)OC(C)(C)O1. The van der Waals surface area contributed by atoms with Gasteiger partial charge in [-0.2, -0.15) is 5.26 Å². The van der Waals surface area contributed by atoms with Crippen molar-refractivity contribution in [2.45, 2.75) is 51.6 Å². The second-order valence-electron chi connectivity index (χ2n) is 4.28. The van der Waals surface area contributed by atoms with Crippen molar-refractivity contribution < 1.29 is 19.0 Å². The molecule has 0 aromatic heterocycles. The Morgan fingerprint density at radius 1 is 1.50 bits per heavy atom. The van der Waals surface area contributed by atoms with Gasteiger partial charge in [0.05, 0.1) is 24.7 Å². The van der Waals surface area contributed by atoms with Crippen LogP contribution in [0.1, 0.15) is 33.6 Å². The molecule has 0 saturated carbocycles. The monoisotopic (exact) mass is 227 g/mol. The molecule has 90 valence electrons. The summed E-state index contributed by atoms with van der Waals surface area (Å²) in [6.07, 6.45) is 0.536. The molecule has 0 spiro atoms. The topological polar surface area (TPSA) is 68.6 Å². The van der Waals surface area contributed by atoms with Gasteiger partial charge in [-0.25, -0.2) is 0 Å². The Kier molecular flexibility index (Phi) is 4.27. The van der Waals surface area contributed by atoms with Gasteiger partial charge < -0.3 is 14.2 Å². The third-order valence-corrected chi connectivity index (χ3v) is 2.22. The quantitative estimate of drug-likeness (QED) is 0.681. The lowest BCUT2D eigenvalue weighted by Crippen LogP contribution is -2.46. The van der Waals surface area contributed by atoms with Crippen LogP contribution in [0.3, 0.4) is 0 Å². The van der Waals surface area contributed by atoms with Crippen LogP contribution < -0.4 is 0 Å². The van der Waals surface area contributed by atoms with E-state index in [0.29, 0.717) is 12.8 Å². The van der Waals surface area contributed by atoms with E-state index in [0.717, 1.165) is 0 Å². The smallest absolute Gasteiger partial charge is 0.302 e. The molecule has 1 fully saturated rings. The van der Waals surface area contributed by atoms with Crippen LogP contribution in [-0.2, 0) is 19.0 Å². The zero-order valence-electron chi connectivity index (χ0n) is 9.86. The minimum absolute atomic E-state index is 0.158. The number of carbonyl (C=O) groups is 1. The van der Waals surface area contributed by atoms with Gasteiger partial charge in [0, 0.05) is 13.3 Å². The van der Waals surface area contributed by atoms with Gasteiger partial charge in [-0.05, 0) is 13.8 Å². The van der Waals surface area contributed by atoms with E-state index in [2.05, 4.69) is 6.07 Å². The van der Waals surface area contributed by atoms with Crippen LogP contribution in [0.2, 0.25) is 0 Å². The fourth-order valence-corrected chi connectivity index (χ4v) is 1.76. The minimum Gasteiger partial charge on any atom is -0.463 e.